The molecule has 9 aromatic carbocycles. The van der Waals surface area contributed by atoms with E-state index >= 15 is 0 Å². The molecule has 2 nitrogen and oxygen atoms in total. The quantitative estimate of drug-likeness (QED) is 0.166. The van der Waals surface area contributed by atoms with Gasteiger partial charge in [-0.15, -0.1) is 11.3 Å². The van der Waals surface area contributed by atoms with Crippen LogP contribution in [0.2, 0.25) is 0 Å². The summed E-state index contributed by atoms with van der Waals surface area (Å²) in [7, 11) is 0. The molecule has 3 heterocycles. The van der Waals surface area contributed by atoms with Crippen LogP contribution in [0.5, 0.6) is 0 Å². The number of benzene rings is 9. The highest BCUT2D eigenvalue weighted by Crippen LogP contribution is 2.44. The van der Waals surface area contributed by atoms with Crippen molar-refractivity contribution in [3.63, 3.8) is 0 Å². The van der Waals surface area contributed by atoms with Gasteiger partial charge < -0.3 is 9.13 Å². The van der Waals surface area contributed by atoms with E-state index in [1.54, 1.807) is 0 Å². The third-order valence-corrected chi connectivity index (χ3v) is 12.8. The first-order valence-corrected chi connectivity index (χ1v) is 20.3. The van der Waals surface area contributed by atoms with Crippen molar-refractivity contribution in [2.24, 2.45) is 0 Å². The molecule has 0 aliphatic rings. The van der Waals surface area contributed by atoms with E-state index < -0.39 is 0 Å². The summed E-state index contributed by atoms with van der Waals surface area (Å²) in [6, 6.07) is 75.6. The zero-order valence-corrected chi connectivity index (χ0v) is 31.7. The number of nitrogens with zero attached hydrogens (tertiary/aromatic N) is 2. The van der Waals surface area contributed by atoms with Gasteiger partial charge in [0.15, 0.2) is 0 Å². The van der Waals surface area contributed by atoms with Gasteiger partial charge in [-0.2, -0.15) is 0 Å². The zero-order chi connectivity index (χ0) is 37.5. The molecule has 0 aliphatic carbocycles. The van der Waals surface area contributed by atoms with Crippen molar-refractivity contribution >= 4 is 75.1 Å². The van der Waals surface area contributed by atoms with Gasteiger partial charge in [0.25, 0.3) is 0 Å². The highest BCUT2D eigenvalue weighted by Gasteiger charge is 2.21. The summed E-state index contributed by atoms with van der Waals surface area (Å²) in [5.41, 5.74) is 14.5. The van der Waals surface area contributed by atoms with Gasteiger partial charge in [-0.1, -0.05) is 140 Å². The van der Waals surface area contributed by atoms with Crippen LogP contribution < -0.4 is 0 Å². The SMILES string of the molecule is c1ccc(-c2cccc(-n3c4ccccc4c4cc(-c5ccc6c(c5)c5c(-c7ccccc7)cccc5n6-c5cccc6sc7ccccc7c56)ccc43)c2)cc1. The summed E-state index contributed by atoms with van der Waals surface area (Å²) in [4.78, 5) is 0. The third kappa shape index (κ3) is 4.96. The van der Waals surface area contributed by atoms with Gasteiger partial charge in [0.1, 0.15) is 0 Å². The second kappa shape index (κ2) is 12.7. The molecule has 0 aliphatic heterocycles. The topological polar surface area (TPSA) is 9.86 Å². The molecule has 57 heavy (non-hydrogen) atoms. The smallest absolute Gasteiger partial charge is 0.0555 e. The van der Waals surface area contributed by atoms with Crippen molar-refractivity contribution in [1.29, 1.82) is 0 Å². The van der Waals surface area contributed by atoms with E-state index in [-0.39, 0.29) is 0 Å². The Kier molecular flexibility index (Phi) is 7.13. The lowest BCUT2D eigenvalue weighted by molar-refractivity contribution is 1.18. The molecule has 0 saturated heterocycles. The maximum atomic E-state index is 2.50. The highest BCUT2D eigenvalue weighted by molar-refractivity contribution is 7.25. The van der Waals surface area contributed by atoms with Crippen LogP contribution in [0.1, 0.15) is 0 Å². The van der Waals surface area contributed by atoms with Gasteiger partial charge in [0.2, 0.25) is 0 Å². The lowest BCUT2D eigenvalue weighted by Gasteiger charge is -2.11. The van der Waals surface area contributed by atoms with E-state index in [1.165, 1.54) is 103 Å². The Morgan fingerprint density at radius 3 is 1.70 bits per heavy atom. The van der Waals surface area contributed by atoms with E-state index in [0.29, 0.717) is 0 Å². The van der Waals surface area contributed by atoms with Gasteiger partial charge >= 0.3 is 0 Å². The van der Waals surface area contributed by atoms with Gasteiger partial charge in [-0.3, -0.25) is 0 Å². The molecule has 0 spiro atoms. The van der Waals surface area contributed by atoms with Crippen molar-refractivity contribution in [3.05, 3.63) is 206 Å². The fourth-order valence-corrected chi connectivity index (χ4v) is 10.3. The minimum absolute atomic E-state index is 1.16. The number of rotatable bonds is 5. The Morgan fingerprint density at radius 2 is 0.877 bits per heavy atom. The zero-order valence-electron chi connectivity index (χ0n) is 30.9. The van der Waals surface area contributed by atoms with Crippen LogP contribution in [0.25, 0.3) is 109 Å². The maximum absolute atomic E-state index is 2.50. The predicted octanol–water partition coefficient (Wildman–Crippen LogP) is 15.2. The predicted molar refractivity (Wildman–Crippen MR) is 244 cm³/mol. The molecule has 12 rings (SSSR count). The molecular formula is C54H34N2S. The second-order valence-electron chi connectivity index (χ2n) is 14.9. The van der Waals surface area contributed by atoms with E-state index in [4.69, 9.17) is 0 Å². The molecule has 0 bridgehead atoms. The van der Waals surface area contributed by atoms with E-state index in [2.05, 4.69) is 215 Å². The summed E-state index contributed by atoms with van der Waals surface area (Å²) >= 11 is 1.87. The molecule has 3 heteroatoms. The Bertz CT molecular complexity index is 3510. The summed E-state index contributed by atoms with van der Waals surface area (Å²) < 4.78 is 7.54. The van der Waals surface area contributed by atoms with Crippen molar-refractivity contribution < 1.29 is 0 Å². The van der Waals surface area contributed by atoms with E-state index in [9.17, 15) is 0 Å². The molecule has 0 unspecified atom stereocenters. The average Bonchev–Trinajstić information content (AvgIpc) is 3.94. The number of aromatic nitrogens is 2. The Balaban J connectivity index is 1.09. The summed E-state index contributed by atoms with van der Waals surface area (Å²) in [5.74, 6) is 0. The van der Waals surface area contributed by atoms with Gasteiger partial charge in [0.05, 0.1) is 27.8 Å². The molecule has 12 aromatic rings. The molecular weight excluding hydrogens is 709 g/mol. The normalized spacial score (nSPS) is 11.9. The summed E-state index contributed by atoms with van der Waals surface area (Å²) in [6.07, 6.45) is 0. The van der Waals surface area contributed by atoms with Crippen molar-refractivity contribution in [1.82, 2.24) is 9.13 Å². The molecule has 0 saturated carbocycles. The van der Waals surface area contributed by atoms with E-state index in [1.807, 2.05) is 11.3 Å². The van der Waals surface area contributed by atoms with Crippen molar-refractivity contribution in [2.75, 3.05) is 0 Å². The number of para-hydroxylation sites is 1. The third-order valence-electron chi connectivity index (χ3n) is 11.7. The Hall–Kier alpha value is -7.20. The van der Waals surface area contributed by atoms with Crippen molar-refractivity contribution in [2.45, 2.75) is 0 Å². The van der Waals surface area contributed by atoms with Crippen LogP contribution in [-0.2, 0) is 0 Å². The Labute approximate surface area is 333 Å². The maximum Gasteiger partial charge on any atom is 0.0555 e. The first kappa shape index (κ1) is 32.1. The standard InChI is InChI=1S/C54H34N2S/c1-3-14-35(15-4-1)37-18-11-19-40(32-37)55-46-23-9-7-20-42(46)44-33-38(28-30-47(44)55)39-29-31-48-45(34-39)53-41(36-16-5-2-6-17-36)22-12-24-49(53)56(48)50-25-13-27-52-54(50)43-21-8-10-26-51(43)57-52/h1-34H. The largest absolute Gasteiger partial charge is 0.309 e. The van der Waals surface area contributed by atoms with Gasteiger partial charge in [-0.05, 0) is 100 Å². The minimum atomic E-state index is 1.16. The molecule has 0 fully saturated rings. The number of fused-ring (bicyclic) bond motifs is 9. The van der Waals surface area contributed by atoms with Crippen LogP contribution in [0, 0.1) is 0 Å². The fraction of sp³-hybridized carbons (Fsp3) is 0. The lowest BCUT2D eigenvalue weighted by atomic mass is 9.97. The van der Waals surface area contributed by atoms with Gasteiger partial charge in [-0.25, -0.2) is 0 Å². The molecule has 0 amide bonds. The summed E-state index contributed by atoms with van der Waals surface area (Å²) in [6.45, 7) is 0. The number of hydrogen-bond donors (Lipinski definition) is 0. The van der Waals surface area contributed by atoms with Crippen LogP contribution >= 0.6 is 11.3 Å². The van der Waals surface area contributed by atoms with E-state index in [0.717, 1.165) is 5.69 Å². The van der Waals surface area contributed by atoms with Crippen LogP contribution in [0.15, 0.2) is 206 Å². The molecule has 0 N–H and O–H groups in total. The number of thiophene rings is 1. The fourth-order valence-electron chi connectivity index (χ4n) is 9.20. The summed E-state index contributed by atoms with van der Waals surface area (Å²) in [5, 5.41) is 7.63. The van der Waals surface area contributed by atoms with Crippen LogP contribution in [-0.4, -0.2) is 9.13 Å². The second-order valence-corrected chi connectivity index (χ2v) is 16.0. The first-order chi connectivity index (χ1) is 28.3. The van der Waals surface area contributed by atoms with Crippen molar-refractivity contribution in [3.8, 4) is 44.8 Å². The van der Waals surface area contributed by atoms with Crippen LogP contribution in [0.3, 0.4) is 0 Å². The highest BCUT2D eigenvalue weighted by atomic mass is 32.1. The molecule has 0 radical (unpaired) electrons. The van der Waals surface area contributed by atoms with Gasteiger partial charge in [0, 0.05) is 47.4 Å². The molecule has 0 atom stereocenters. The average molecular weight is 743 g/mol. The number of hydrogen-bond acceptors (Lipinski definition) is 1. The monoisotopic (exact) mass is 742 g/mol. The first-order valence-electron chi connectivity index (χ1n) is 19.5. The van der Waals surface area contributed by atoms with Crippen LogP contribution in [0.4, 0.5) is 0 Å². The minimum Gasteiger partial charge on any atom is -0.309 e. The molecule has 3 aromatic heterocycles. The Morgan fingerprint density at radius 1 is 0.298 bits per heavy atom. The molecule has 266 valence electrons. The lowest BCUT2D eigenvalue weighted by Crippen LogP contribution is -1.95.